The Morgan fingerprint density at radius 2 is 1.81 bits per heavy atom. The van der Waals surface area contributed by atoms with Crippen LogP contribution in [0.2, 0.25) is 0 Å². The molecule has 8 nitrogen and oxygen atoms in total. The molecule has 2 aromatic heterocycles. The molecule has 0 unspecified atom stereocenters. The summed E-state index contributed by atoms with van der Waals surface area (Å²) in [6, 6.07) is 9.24. The standard InChI is InChI=1S/C24H25N4O4/c1-14-17-8-9-25-22(24(30)28(31)11-10-26(3)4)19(17)13-20-18-12-16(32-15(2)29)6-7-21(18)27(5)23(14)20/h6-9,12-13H,10-11H2,1-5H3/q-1. The summed E-state index contributed by atoms with van der Waals surface area (Å²) in [5.41, 5.74) is 3.08. The van der Waals surface area contributed by atoms with E-state index in [0.717, 1.165) is 32.8 Å². The molecular formula is C24H25N4O4-. The van der Waals surface area contributed by atoms with Crippen LogP contribution in [-0.4, -0.2) is 58.6 Å². The summed E-state index contributed by atoms with van der Waals surface area (Å²) in [6.07, 6.45) is 1.57. The summed E-state index contributed by atoms with van der Waals surface area (Å²) in [4.78, 5) is 30.5. The van der Waals surface area contributed by atoms with Crippen molar-refractivity contribution in [3.8, 4) is 5.75 Å². The molecule has 0 N–H and O–H groups in total. The number of pyridine rings is 1. The lowest BCUT2D eigenvalue weighted by molar-refractivity contribution is -0.131. The van der Waals surface area contributed by atoms with Gasteiger partial charge in [-0.05, 0) is 62.3 Å². The Labute approximate surface area is 185 Å². The van der Waals surface area contributed by atoms with Crippen molar-refractivity contribution in [3.05, 3.63) is 53.0 Å². The quantitative estimate of drug-likeness (QED) is 0.271. The maximum atomic E-state index is 12.9. The van der Waals surface area contributed by atoms with Crippen LogP contribution >= 0.6 is 0 Å². The molecule has 0 saturated carbocycles. The number of carbonyl (C=O) groups is 2. The summed E-state index contributed by atoms with van der Waals surface area (Å²) in [5, 5.41) is 16.2. The van der Waals surface area contributed by atoms with E-state index in [4.69, 9.17) is 4.74 Å². The van der Waals surface area contributed by atoms with E-state index in [2.05, 4.69) is 9.55 Å². The fraction of sp³-hybridized carbons (Fsp3) is 0.292. The highest BCUT2D eigenvalue weighted by atomic mass is 16.5. The molecule has 0 bridgehead atoms. The van der Waals surface area contributed by atoms with E-state index in [-0.39, 0.29) is 12.2 Å². The minimum atomic E-state index is -0.656. The lowest BCUT2D eigenvalue weighted by Gasteiger charge is -2.29. The van der Waals surface area contributed by atoms with E-state index in [0.29, 0.717) is 22.7 Å². The highest BCUT2D eigenvalue weighted by Crippen LogP contribution is 2.37. The van der Waals surface area contributed by atoms with E-state index >= 15 is 0 Å². The Kier molecular flexibility index (Phi) is 5.58. The van der Waals surface area contributed by atoms with Gasteiger partial charge < -0.3 is 24.5 Å². The maximum Gasteiger partial charge on any atom is 0.308 e. The summed E-state index contributed by atoms with van der Waals surface area (Å²) < 4.78 is 7.35. The van der Waals surface area contributed by atoms with E-state index < -0.39 is 11.9 Å². The second kappa shape index (κ2) is 8.22. The van der Waals surface area contributed by atoms with Gasteiger partial charge in [-0.2, -0.15) is 0 Å². The van der Waals surface area contributed by atoms with E-state index in [1.165, 1.54) is 6.92 Å². The molecule has 0 aliphatic rings. The molecule has 0 aliphatic carbocycles. The summed E-state index contributed by atoms with van der Waals surface area (Å²) in [6.45, 7) is 3.88. The van der Waals surface area contributed by atoms with Gasteiger partial charge in [-0.15, -0.1) is 0 Å². The average Bonchev–Trinajstić information content (AvgIpc) is 3.02. The van der Waals surface area contributed by atoms with Gasteiger partial charge in [0.2, 0.25) is 0 Å². The first-order valence-corrected chi connectivity index (χ1v) is 10.3. The predicted octanol–water partition coefficient (Wildman–Crippen LogP) is 3.62. The molecule has 2 aromatic carbocycles. The maximum absolute atomic E-state index is 12.9. The Morgan fingerprint density at radius 3 is 2.50 bits per heavy atom. The van der Waals surface area contributed by atoms with Crippen LogP contribution in [-0.2, 0) is 11.8 Å². The number of likely N-dealkylation sites (N-methyl/N-ethyl adjacent to an activating group) is 1. The molecule has 4 rings (SSSR count). The van der Waals surface area contributed by atoms with E-state index in [1.807, 2.05) is 57.2 Å². The molecule has 0 atom stereocenters. The van der Waals surface area contributed by atoms with Crippen LogP contribution in [0.3, 0.4) is 0 Å². The van der Waals surface area contributed by atoms with Crippen molar-refractivity contribution in [1.82, 2.24) is 19.5 Å². The first kappa shape index (κ1) is 21.7. The molecule has 166 valence electrons. The number of hydrogen-bond donors (Lipinski definition) is 0. The van der Waals surface area contributed by atoms with Gasteiger partial charge in [0, 0.05) is 54.9 Å². The van der Waals surface area contributed by atoms with Gasteiger partial charge in [0.25, 0.3) is 5.91 Å². The molecule has 8 heteroatoms. The van der Waals surface area contributed by atoms with Crippen LogP contribution in [0.1, 0.15) is 23.0 Å². The fourth-order valence-electron chi connectivity index (χ4n) is 4.18. The molecule has 0 spiro atoms. The lowest BCUT2D eigenvalue weighted by Crippen LogP contribution is -2.32. The third-order valence-electron chi connectivity index (χ3n) is 5.69. The third kappa shape index (κ3) is 3.68. The zero-order valence-electron chi connectivity index (χ0n) is 18.8. The SMILES string of the molecule is CC(=O)Oc1ccc2c(c1)c1cc3c(C(=O)N([O-])CCN(C)C)nccc3c(C)c1n2C. The monoisotopic (exact) mass is 433 g/mol. The van der Waals surface area contributed by atoms with E-state index in [1.54, 1.807) is 12.3 Å². The predicted molar refractivity (Wildman–Crippen MR) is 125 cm³/mol. The number of rotatable bonds is 5. The molecule has 2 heterocycles. The molecular weight excluding hydrogens is 408 g/mol. The molecule has 32 heavy (non-hydrogen) atoms. The Hall–Kier alpha value is -3.49. The number of hydrogen-bond acceptors (Lipinski definition) is 6. The van der Waals surface area contributed by atoms with Crippen LogP contribution in [0.25, 0.3) is 32.6 Å². The third-order valence-corrected chi connectivity index (χ3v) is 5.69. The van der Waals surface area contributed by atoms with Crippen LogP contribution in [0.15, 0.2) is 36.5 Å². The van der Waals surface area contributed by atoms with Crippen molar-refractivity contribution in [1.29, 1.82) is 0 Å². The van der Waals surface area contributed by atoms with Crippen LogP contribution in [0.4, 0.5) is 0 Å². The van der Waals surface area contributed by atoms with Crippen molar-refractivity contribution < 1.29 is 14.3 Å². The van der Waals surface area contributed by atoms with Crippen molar-refractivity contribution in [3.63, 3.8) is 0 Å². The topological polar surface area (TPSA) is 90.7 Å². The Balaban J connectivity index is 1.94. The average molecular weight is 433 g/mol. The number of ether oxygens (including phenoxy) is 1. The second-order valence-electron chi connectivity index (χ2n) is 8.19. The lowest BCUT2D eigenvalue weighted by atomic mass is 10.00. The number of aromatic nitrogens is 2. The molecule has 4 aromatic rings. The molecule has 0 fully saturated rings. The first-order valence-electron chi connectivity index (χ1n) is 10.3. The van der Waals surface area contributed by atoms with Gasteiger partial charge in [0.15, 0.2) is 0 Å². The van der Waals surface area contributed by atoms with Gasteiger partial charge in [0.1, 0.15) is 11.4 Å². The van der Waals surface area contributed by atoms with Crippen molar-refractivity contribution in [2.24, 2.45) is 7.05 Å². The van der Waals surface area contributed by atoms with Crippen molar-refractivity contribution >= 4 is 44.5 Å². The van der Waals surface area contributed by atoms with Gasteiger partial charge >= 0.3 is 5.97 Å². The van der Waals surface area contributed by atoms with Gasteiger partial charge in [-0.3, -0.25) is 14.6 Å². The molecule has 1 amide bonds. The highest BCUT2D eigenvalue weighted by molar-refractivity contribution is 6.17. The van der Waals surface area contributed by atoms with Crippen molar-refractivity contribution in [2.45, 2.75) is 13.8 Å². The van der Waals surface area contributed by atoms with Gasteiger partial charge in [-0.25, -0.2) is 0 Å². The minimum Gasteiger partial charge on any atom is -0.756 e. The zero-order valence-corrected chi connectivity index (χ0v) is 18.8. The number of benzene rings is 2. The largest absolute Gasteiger partial charge is 0.756 e. The van der Waals surface area contributed by atoms with Gasteiger partial charge in [0.05, 0.1) is 5.52 Å². The second-order valence-corrected chi connectivity index (χ2v) is 8.19. The zero-order chi connectivity index (χ0) is 23.2. The van der Waals surface area contributed by atoms with Crippen LogP contribution < -0.4 is 4.74 Å². The number of amides is 1. The summed E-state index contributed by atoms with van der Waals surface area (Å²) in [5.74, 6) is -0.597. The van der Waals surface area contributed by atoms with Crippen LogP contribution in [0, 0.1) is 12.1 Å². The number of fused-ring (bicyclic) bond motifs is 4. The Morgan fingerprint density at radius 1 is 1.06 bits per heavy atom. The van der Waals surface area contributed by atoms with Gasteiger partial charge in [-0.1, -0.05) is 0 Å². The van der Waals surface area contributed by atoms with Crippen molar-refractivity contribution in [2.75, 3.05) is 27.2 Å². The Bertz CT molecular complexity index is 1370. The van der Waals surface area contributed by atoms with Crippen LogP contribution in [0.5, 0.6) is 5.75 Å². The normalized spacial score (nSPS) is 11.6. The number of esters is 1. The fourth-order valence-corrected chi connectivity index (χ4v) is 4.18. The van der Waals surface area contributed by atoms with E-state index in [9.17, 15) is 14.8 Å². The summed E-state index contributed by atoms with van der Waals surface area (Å²) >= 11 is 0. The number of carbonyl (C=O) groups excluding carboxylic acids is 2. The smallest absolute Gasteiger partial charge is 0.308 e. The molecule has 0 aliphatic heterocycles. The number of nitrogens with zero attached hydrogens (tertiary/aromatic N) is 4. The minimum absolute atomic E-state index is 0.0607. The number of hydroxylamine groups is 2. The molecule has 0 saturated heterocycles. The highest BCUT2D eigenvalue weighted by Gasteiger charge is 2.19. The number of aryl methyl sites for hydroxylation is 2. The summed E-state index contributed by atoms with van der Waals surface area (Å²) in [7, 11) is 5.67. The first-order chi connectivity index (χ1) is 15.2. The molecule has 0 radical (unpaired) electrons.